The van der Waals surface area contributed by atoms with Crippen molar-refractivity contribution in [3.63, 3.8) is 0 Å². The van der Waals surface area contributed by atoms with Crippen LogP contribution < -0.4 is 0 Å². The number of hydrogen-bond acceptors (Lipinski definition) is 3. The van der Waals surface area contributed by atoms with Crippen LogP contribution in [-0.4, -0.2) is 21.3 Å². The molecule has 3 aromatic rings. The molecule has 0 fully saturated rings. The van der Waals surface area contributed by atoms with E-state index >= 15 is 0 Å². The molecule has 0 amide bonds. The highest BCUT2D eigenvalue weighted by atomic mass is 35.5. The fourth-order valence-electron chi connectivity index (χ4n) is 2.02. The van der Waals surface area contributed by atoms with E-state index in [0.717, 1.165) is 16.6 Å². The quantitative estimate of drug-likeness (QED) is 0.723. The lowest BCUT2D eigenvalue weighted by molar-refractivity contribution is 0.457. The second-order valence-corrected chi connectivity index (χ2v) is 4.80. The minimum atomic E-state index is 0.0898. The molecule has 0 saturated heterocycles. The molecule has 5 heteroatoms. The summed E-state index contributed by atoms with van der Waals surface area (Å²) >= 11 is 5.98. The molecule has 2 heterocycles. The third-order valence-corrected chi connectivity index (χ3v) is 3.21. The average Bonchev–Trinajstić information content (AvgIpc) is 2.76. The third kappa shape index (κ3) is 2.51. The monoisotopic (exact) mass is 285 g/mol. The maximum absolute atomic E-state index is 9.92. The summed E-state index contributed by atoms with van der Waals surface area (Å²) in [7, 11) is 0. The predicted octanol–water partition coefficient (Wildman–Crippen LogP) is 3.54. The highest BCUT2D eigenvalue weighted by Gasteiger charge is 2.08. The number of H-pyrrole nitrogens is 1. The van der Waals surface area contributed by atoms with Crippen molar-refractivity contribution in [3.05, 3.63) is 58.9 Å². The summed E-state index contributed by atoms with van der Waals surface area (Å²) < 4.78 is 0. The van der Waals surface area contributed by atoms with E-state index in [4.69, 9.17) is 11.6 Å². The smallest absolute Gasteiger partial charge is 0.198 e. The molecule has 2 aromatic heterocycles. The van der Waals surface area contributed by atoms with Crippen LogP contribution in [0.4, 0.5) is 0 Å². The van der Waals surface area contributed by atoms with Crippen molar-refractivity contribution in [1.29, 1.82) is 0 Å². The SMILES string of the molecule is Oc1[nH]c2ccc(Cl)cc2c1C=NCc1ccccn1. The van der Waals surface area contributed by atoms with Crippen molar-refractivity contribution >= 4 is 28.7 Å². The third-order valence-electron chi connectivity index (χ3n) is 2.98. The van der Waals surface area contributed by atoms with E-state index in [1.54, 1.807) is 24.5 Å². The first-order valence-electron chi connectivity index (χ1n) is 6.14. The van der Waals surface area contributed by atoms with Crippen molar-refractivity contribution in [1.82, 2.24) is 9.97 Å². The Labute approximate surface area is 120 Å². The van der Waals surface area contributed by atoms with Crippen LogP contribution in [0.15, 0.2) is 47.6 Å². The van der Waals surface area contributed by atoms with Gasteiger partial charge in [0.25, 0.3) is 0 Å². The van der Waals surface area contributed by atoms with Gasteiger partial charge in [-0.25, -0.2) is 0 Å². The standard InChI is InChI=1S/C15H12ClN3O/c16-10-4-5-14-12(7-10)13(15(20)19-14)9-17-8-11-3-1-2-6-18-11/h1-7,9,19-20H,8H2. The summed E-state index contributed by atoms with van der Waals surface area (Å²) in [5, 5.41) is 11.4. The summed E-state index contributed by atoms with van der Waals surface area (Å²) in [6, 6.07) is 11.1. The maximum Gasteiger partial charge on any atom is 0.198 e. The second-order valence-electron chi connectivity index (χ2n) is 4.37. The molecule has 0 aliphatic rings. The number of aromatic amines is 1. The van der Waals surface area contributed by atoms with Gasteiger partial charge in [0.15, 0.2) is 5.88 Å². The number of aromatic nitrogens is 2. The highest BCUT2D eigenvalue weighted by molar-refractivity contribution is 6.31. The summed E-state index contributed by atoms with van der Waals surface area (Å²) in [6.45, 7) is 0.466. The van der Waals surface area contributed by atoms with E-state index in [1.807, 2.05) is 24.3 Å². The van der Waals surface area contributed by atoms with Gasteiger partial charge >= 0.3 is 0 Å². The van der Waals surface area contributed by atoms with Gasteiger partial charge in [-0.15, -0.1) is 0 Å². The van der Waals surface area contributed by atoms with Gasteiger partial charge in [0.1, 0.15) is 0 Å². The van der Waals surface area contributed by atoms with Crippen molar-refractivity contribution in [2.45, 2.75) is 6.54 Å². The predicted molar refractivity (Wildman–Crippen MR) is 80.5 cm³/mol. The Bertz CT molecular complexity index is 765. The first-order valence-corrected chi connectivity index (χ1v) is 6.52. The van der Waals surface area contributed by atoms with Crippen molar-refractivity contribution < 1.29 is 5.11 Å². The van der Waals surface area contributed by atoms with E-state index in [1.165, 1.54) is 0 Å². The van der Waals surface area contributed by atoms with Crippen molar-refractivity contribution in [3.8, 4) is 5.88 Å². The molecule has 2 N–H and O–H groups in total. The van der Waals surface area contributed by atoms with Gasteiger partial charge in [-0.1, -0.05) is 17.7 Å². The molecule has 0 atom stereocenters. The Hall–Kier alpha value is -2.33. The topological polar surface area (TPSA) is 61.3 Å². The number of nitrogens with one attached hydrogen (secondary N) is 1. The number of benzene rings is 1. The van der Waals surface area contributed by atoms with Crippen LogP contribution in [0.5, 0.6) is 5.88 Å². The number of aromatic hydroxyl groups is 1. The fourth-order valence-corrected chi connectivity index (χ4v) is 2.20. The summed E-state index contributed by atoms with van der Waals surface area (Å²) in [5.74, 6) is 0.0898. The molecule has 3 rings (SSSR count). The molecule has 0 unspecified atom stereocenters. The fraction of sp³-hybridized carbons (Fsp3) is 0.0667. The molecule has 0 spiro atoms. The first kappa shape index (κ1) is 12.7. The normalized spacial score (nSPS) is 11.4. The van der Waals surface area contributed by atoms with Gasteiger partial charge in [-0.3, -0.25) is 9.98 Å². The zero-order valence-corrected chi connectivity index (χ0v) is 11.3. The van der Waals surface area contributed by atoms with Crippen LogP contribution in [0.25, 0.3) is 10.9 Å². The zero-order valence-electron chi connectivity index (χ0n) is 10.5. The Morgan fingerprint density at radius 1 is 1.30 bits per heavy atom. The minimum absolute atomic E-state index is 0.0898. The van der Waals surface area contributed by atoms with E-state index in [-0.39, 0.29) is 5.88 Å². The molecule has 0 aliphatic carbocycles. The first-order chi connectivity index (χ1) is 9.74. The molecule has 1 aromatic carbocycles. The van der Waals surface area contributed by atoms with Crippen LogP contribution in [0.1, 0.15) is 11.3 Å². The molecular weight excluding hydrogens is 274 g/mol. The molecule has 0 aliphatic heterocycles. The summed E-state index contributed by atoms with van der Waals surface area (Å²) in [6.07, 6.45) is 3.37. The molecule has 20 heavy (non-hydrogen) atoms. The molecule has 0 radical (unpaired) electrons. The van der Waals surface area contributed by atoms with Gasteiger partial charge in [0, 0.05) is 28.3 Å². The van der Waals surface area contributed by atoms with Crippen LogP contribution in [-0.2, 0) is 6.54 Å². The number of hydrogen-bond donors (Lipinski definition) is 2. The van der Waals surface area contributed by atoms with Crippen LogP contribution in [0, 0.1) is 0 Å². The number of halogens is 1. The van der Waals surface area contributed by atoms with Gasteiger partial charge in [-0.2, -0.15) is 0 Å². The number of pyridine rings is 1. The lowest BCUT2D eigenvalue weighted by atomic mass is 10.2. The largest absolute Gasteiger partial charge is 0.494 e. The van der Waals surface area contributed by atoms with E-state index in [9.17, 15) is 5.11 Å². The van der Waals surface area contributed by atoms with Crippen LogP contribution >= 0.6 is 11.6 Å². The lowest BCUT2D eigenvalue weighted by Crippen LogP contribution is -1.87. The molecule has 0 saturated carbocycles. The molecule has 0 bridgehead atoms. The van der Waals surface area contributed by atoms with E-state index in [2.05, 4.69) is 15.0 Å². The van der Waals surface area contributed by atoms with Gasteiger partial charge in [-0.05, 0) is 30.3 Å². The van der Waals surface area contributed by atoms with Gasteiger partial charge < -0.3 is 10.1 Å². The molecule has 100 valence electrons. The molecule has 4 nitrogen and oxygen atoms in total. The number of rotatable bonds is 3. The zero-order chi connectivity index (χ0) is 13.9. The van der Waals surface area contributed by atoms with E-state index in [0.29, 0.717) is 17.1 Å². The van der Waals surface area contributed by atoms with E-state index < -0.39 is 0 Å². The van der Waals surface area contributed by atoms with Crippen molar-refractivity contribution in [2.24, 2.45) is 4.99 Å². The Morgan fingerprint density at radius 2 is 2.20 bits per heavy atom. The van der Waals surface area contributed by atoms with Gasteiger partial charge in [0.05, 0.1) is 17.8 Å². The number of fused-ring (bicyclic) bond motifs is 1. The minimum Gasteiger partial charge on any atom is -0.494 e. The van der Waals surface area contributed by atoms with Gasteiger partial charge in [0.2, 0.25) is 0 Å². The lowest BCUT2D eigenvalue weighted by Gasteiger charge is -1.95. The Kier molecular flexibility index (Phi) is 3.39. The number of aliphatic imine (C=N–C) groups is 1. The summed E-state index contributed by atoms with van der Waals surface area (Å²) in [4.78, 5) is 11.4. The maximum atomic E-state index is 9.92. The van der Waals surface area contributed by atoms with Crippen LogP contribution in [0.3, 0.4) is 0 Å². The van der Waals surface area contributed by atoms with Crippen molar-refractivity contribution in [2.75, 3.05) is 0 Å². The number of nitrogens with zero attached hydrogens (tertiary/aromatic N) is 2. The average molecular weight is 286 g/mol. The Morgan fingerprint density at radius 3 is 3.00 bits per heavy atom. The van der Waals surface area contributed by atoms with Crippen LogP contribution in [0.2, 0.25) is 5.02 Å². The molecular formula is C15H12ClN3O. The second kappa shape index (κ2) is 5.35. The Balaban J connectivity index is 1.90. The highest BCUT2D eigenvalue weighted by Crippen LogP contribution is 2.28. The summed E-state index contributed by atoms with van der Waals surface area (Å²) in [5.41, 5.74) is 2.34.